The van der Waals surface area contributed by atoms with Crippen molar-refractivity contribution in [3.63, 3.8) is 0 Å². The molecule has 2 aromatic rings. The summed E-state index contributed by atoms with van der Waals surface area (Å²) in [5.41, 5.74) is 4.10. The normalized spacial score (nSPS) is 25.3. The third-order valence-corrected chi connectivity index (χ3v) is 9.01. The molecule has 5 heteroatoms. The molecule has 36 heavy (non-hydrogen) atoms. The van der Waals surface area contributed by atoms with Crippen molar-refractivity contribution in [3.8, 4) is 0 Å². The molecule has 4 saturated heterocycles. The fourth-order valence-electron chi connectivity index (χ4n) is 7.03. The summed E-state index contributed by atoms with van der Waals surface area (Å²) in [5, 5.41) is 0. The van der Waals surface area contributed by atoms with E-state index in [1.165, 1.54) is 102 Å². The number of rotatable bonds is 8. The molecule has 0 aromatic heterocycles. The smallest absolute Gasteiger partial charge is 0.193 e. The average Bonchev–Trinajstić information content (AvgIpc) is 3.73. The van der Waals surface area contributed by atoms with Gasteiger partial charge >= 0.3 is 0 Å². The highest BCUT2D eigenvalue weighted by molar-refractivity contribution is 6.09. The average molecular weight is 487 g/mol. The molecule has 4 aliphatic heterocycles. The number of likely N-dealkylation sites (tertiary alicyclic amines) is 2. The highest BCUT2D eigenvalue weighted by atomic mass is 16.1. The summed E-state index contributed by atoms with van der Waals surface area (Å²) in [4.78, 5) is 23.6. The molecule has 4 aliphatic rings. The van der Waals surface area contributed by atoms with Crippen LogP contribution in [0.4, 0.5) is 11.4 Å². The minimum Gasteiger partial charge on any atom is -0.367 e. The molecule has 0 bridgehead atoms. The first-order chi connectivity index (χ1) is 17.7. The molecule has 2 atom stereocenters. The van der Waals surface area contributed by atoms with Crippen molar-refractivity contribution in [1.82, 2.24) is 9.80 Å². The summed E-state index contributed by atoms with van der Waals surface area (Å²) in [7, 11) is 0. The number of carbonyl (C=O) groups excluding carboxylic acids is 1. The molecule has 0 radical (unpaired) electrons. The topological polar surface area (TPSA) is 30.0 Å². The van der Waals surface area contributed by atoms with Crippen LogP contribution in [-0.2, 0) is 0 Å². The van der Waals surface area contributed by atoms with Crippen LogP contribution in [-0.4, -0.2) is 80.0 Å². The number of hydrogen-bond acceptors (Lipinski definition) is 5. The Kier molecular flexibility index (Phi) is 7.29. The summed E-state index contributed by atoms with van der Waals surface area (Å²) in [6.45, 7) is 9.65. The van der Waals surface area contributed by atoms with Crippen LogP contribution in [0.3, 0.4) is 0 Å². The van der Waals surface area contributed by atoms with Crippen LogP contribution in [0.15, 0.2) is 48.5 Å². The number of benzene rings is 2. The van der Waals surface area contributed by atoms with Gasteiger partial charge < -0.3 is 19.6 Å². The van der Waals surface area contributed by atoms with E-state index in [9.17, 15) is 4.79 Å². The van der Waals surface area contributed by atoms with Crippen LogP contribution < -0.4 is 9.80 Å². The Balaban J connectivity index is 1.09. The van der Waals surface area contributed by atoms with Crippen molar-refractivity contribution < 1.29 is 4.79 Å². The molecule has 0 spiro atoms. The molecule has 2 unspecified atom stereocenters. The van der Waals surface area contributed by atoms with Crippen molar-refractivity contribution in [1.29, 1.82) is 0 Å². The predicted octanol–water partition coefficient (Wildman–Crippen LogP) is 5.05. The lowest BCUT2D eigenvalue weighted by molar-refractivity contribution is 0.103. The summed E-state index contributed by atoms with van der Waals surface area (Å²) in [6.07, 6.45) is 10.5. The second kappa shape index (κ2) is 10.9. The number of anilines is 2. The lowest BCUT2D eigenvalue weighted by Crippen LogP contribution is -2.39. The number of ketones is 1. The lowest BCUT2D eigenvalue weighted by atomic mass is 10.0. The van der Waals surface area contributed by atoms with E-state index < -0.39 is 0 Å². The third kappa shape index (κ3) is 5.19. The molecular formula is C31H42N4O. The largest absolute Gasteiger partial charge is 0.367 e. The van der Waals surface area contributed by atoms with Gasteiger partial charge in [0.25, 0.3) is 0 Å². The van der Waals surface area contributed by atoms with Crippen molar-refractivity contribution >= 4 is 17.2 Å². The third-order valence-electron chi connectivity index (χ3n) is 9.01. The van der Waals surface area contributed by atoms with Crippen molar-refractivity contribution in [2.75, 3.05) is 62.2 Å². The van der Waals surface area contributed by atoms with Crippen LogP contribution in [0.25, 0.3) is 0 Å². The number of carbonyl (C=O) groups is 1. The van der Waals surface area contributed by atoms with Crippen LogP contribution in [0.5, 0.6) is 0 Å². The highest BCUT2D eigenvalue weighted by Crippen LogP contribution is 2.29. The predicted molar refractivity (Wildman–Crippen MR) is 148 cm³/mol. The van der Waals surface area contributed by atoms with E-state index in [0.717, 1.165) is 24.2 Å². The van der Waals surface area contributed by atoms with Gasteiger partial charge in [0.2, 0.25) is 0 Å². The molecule has 6 rings (SSSR count). The first-order valence-electron chi connectivity index (χ1n) is 14.5. The standard InChI is InChI=1S/C31H42N4O/c36-31(25-9-13-27(14-10-25)34-21-5-7-29(34)23-32-17-1-2-18-32)26-11-15-28(16-12-26)35-22-6-8-30(35)24-33-19-3-4-20-33/h9-16,29-30H,1-8,17-24H2. The summed E-state index contributed by atoms with van der Waals surface area (Å²) in [5.74, 6) is 0.123. The molecule has 2 aromatic carbocycles. The Morgan fingerprint density at radius 3 is 1.33 bits per heavy atom. The number of hydrogen-bond donors (Lipinski definition) is 0. The Morgan fingerprint density at radius 2 is 0.944 bits per heavy atom. The van der Waals surface area contributed by atoms with Crippen LogP contribution in [0.2, 0.25) is 0 Å². The van der Waals surface area contributed by atoms with E-state index in [1.54, 1.807) is 0 Å². The van der Waals surface area contributed by atoms with Gasteiger partial charge in [-0.2, -0.15) is 0 Å². The second-order valence-corrected chi connectivity index (χ2v) is 11.4. The SMILES string of the molecule is O=C(c1ccc(N2CCCC2CN2CCCC2)cc1)c1ccc(N2CCCC2CN2CCCC2)cc1. The minimum absolute atomic E-state index is 0.123. The zero-order valence-corrected chi connectivity index (χ0v) is 21.8. The van der Waals surface area contributed by atoms with E-state index in [1.807, 2.05) is 24.3 Å². The Labute approximate surface area is 217 Å². The fourth-order valence-corrected chi connectivity index (χ4v) is 7.03. The van der Waals surface area contributed by atoms with E-state index in [2.05, 4.69) is 43.9 Å². The molecule has 5 nitrogen and oxygen atoms in total. The van der Waals surface area contributed by atoms with Crippen molar-refractivity contribution in [2.24, 2.45) is 0 Å². The first kappa shape index (κ1) is 24.0. The summed E-state index contributed by atoms with van der Waals surface area (Å²) < 4.78 is 0. The molecule has 4 heterocycles. The molecule has 0 amide bonds. The Bertz CT molecular complexity index is 926. The fraction of sp³-hybridized carbons (Fsp3) is 0.581. The van der Waals surface area contributed by atoms with E-state index in [4.69, 9.17) is 0 Å². The van der Waals surface area contributed by atoms with E-state index in [0.29, 0.717) is 12.1 Å². The zero-order chi connectivity index (χ0) is 24.3. The maximum Gasteiger partial charge on any atom is 0.193 e. The molecule has 0 saturated carbocycles. The number of nitrogens with zero attached hydrogens (tertiary/aromatic N) is 4. The van der Waals surface area contributed by atoms with Gasteiger partial charge in [-0.05, 0) is 126 Å². The summed E-state index contributed by atoms with van der Waals surface area (Å²) in [6, 6.07) is 18.0. The molecule has 0 aliphatic carbocycles. The summed E-state index contributed by atoms with van der Waals surface area (Å²) >= 11 is 0. The van der Waals surface area contributed by atoms with Gasteiger partial charge in [-0.15, -0.1) is 0 Å². The van der Waals surface area contributed by atoms with Crippen LogP contribution in [0, 0.1) is 0 Å². The quantitative estimate of drug-likeness (QED) is 0.488. The molecule has 0 N–H and O–H groups in total. The molecule has 4 fully saturated rings. The highest BCUT2D eigenvalue weighted by Gasteiger charge is 2.29. The first-order valence-corrected chi connectivity index (χ1v) is 14.5. The van der Waals surface area contributed by atoms with E-state index in [-0.39, 0.29) is 5.78 Å². The van der Waals surface area contributed by atoms with Gasteiger partial charge in [-0.25, -0.2) is 0 Å². The lowest BCUT2D eigenvalue weighted by Gasteiger charge is -2.30. The Hall–Kier alpha value is -2.37. The molecular weight excluding hydrogens is 444 g/mol. The zero-order valence-electron chi connectivity index (χ0n) is 21.8. The van der Waals surface area contributed by atoms with Gasteiger partial charge in [0, 0.05) is 60.8 Å². The minimum atomic E-state index is 0.123. The van der Waals surface area contributed by atoms with Crippen molar-refractivity contribution in [2.45, 2.75) is 63.5 Å². The Morgan fingerprint density at radius 1 is 0.556 bits per heavy atom. The van der Waals surface area contributed by atoms with Gasteiger partial charge in [0.15, 0.2) is 5.78 Å². The van der Waals surface area contributed by atoms with Crippen molar-refractivity contribution in [3.05, 3.63) is 59.7 Å². The maximum atomic E-state index is 13.3. The maximum absolute atomic E-state index is 13.3. The monoisotopic (exact) mass is 486 g/mol. The van der Waals surface area contributed by atoms with E-state index >= 15 is 0 Å². The second-order valence-electron chi connectivity index (χ2n) is 11.4. The van der Waals surface area contributed by atoms with Gasteiger partial charge in [-0.1, -0.05) is 0 Å². The van der Waals surface area contributed by atoms with Crippen LogP contribution in [0.1, 0.15) is 67.3 Å². The molecule has 192 valence electrons. The van der Waals surface area contributed by atoms with Gasteiger partial charge in [0.05, 0.1) is 0 Å². The van der Waals surface area contributed by atoms with Gasteiger partial charge in [0.1, 0.15) is 0 Å². The van der Waals surface area contributed by atoms with Crippen LogP contribution >= 0.6 is 0 Å². The van der Waals surface area contributed by atoms with Gasteiger partial charge in [-0.3, -0.25) is 4.79 Å².